The number of nitrogens with zero attached hydrogens (tertiary/aromatic N) is 1. The van der Waals surface area contributed by atoms with Crippen LogP contribution in [0.25, 0.3) is 0 Å². The molecule has 0 spiro atoms. The third-order valence-electron chi connectivity index (χ3n) is 2.67. The van der Waals surface area contributed by atoms with Crippen molar-refractivity contribution < 1.29 is 19.8 Å². The molecule has 0 saturated heterocycles. The molecule has 1 rings (SSSR count). The van der Waals surface area contributed by atoms with Crippen LogP contribution in [0.15, 0.2) is 0 Å². The molecule has 0 saturated carbocycles. The highest BCUT2D eigenvalue weighted by atomic mass is 31.1. The number of hydrogen-bond acceptors (Lipinski definition) is 3. The first-order chi connectivity index (χ1) is 7.91. The second-order valence-electron chi connectivity index (χ2n) is 3.62. The van der Waals surface area contributed by atoms with E-state index in [1.165, 1.54) is 0 Å². The van der Waals surface area contributed by atoms with Crippen LogP contribution >= 0.6 is 7.53 Å². The molecule has 0 aromatic carbocycles. The molecule has 0 aliphatic heterocycles. The third kappa shape index (κ3) is 2.32. The molecule has 17 heavy (non-hydrogen) atoms. The van der Waals surface area contributed by atoms with Crippen molar-refractivity contribution >= 4 is 19.5 Å². The third-order valence-corrected chi connectivity index (χ3v) is 5.47. The molecule has 0 bridgehead atoms. The van der Waals surface area contributed by atoms with Crippen molar-refractivity contribution in [2.24, 2.45) is 0 Å². The van der Waals surface area contributed by atoms with Crippen LogP contribution < -0.4 is 0 Å². The van der Waals surface area contributed by atoms with Crippen LogP contribution in [0.1, 0.15) is 37.7 Å². The van der Waals surface area contributed by atoms with Crippen LogP contribution in [0, 0.1) is 25.2 Å². The Morgan fingerprint density at radius 3 is 1.88 bits per heavy atom. The molecular weight excluding hydrogens is 241 g/mol. The van der Waals surface area contributed by atoms with E-state index in [0.717, 1.165) is 0 Å². The monoisotopic (exact) mass is 253 g/mol. The maximum Gasteiger partial charge on any atom is 0.340 e. The smallest absolute Gasteiger partial charge is 0.340 e. The van der Waals surface area contributed by atoms with Crippen molar-refractivity contribution in [2.75, 3.05) is 0 Å². The lowest BCUT2D eigenvalue weighted by Crippen LogP contribution is -1.97. The fourth-order valence-corrected chi connectivity index (χ4v) is 4.41. The molecule has 6 heteroatoms. The Morgan fingerprint density at radius 2 is 1.59 bits per heavy atom. The zero-order chi connectivity index (χ0) is 13.2. The van der Waals surface area contributed by atoms with Crippen molar-refractivity contribution in [3.63, 3.8) is 0 Å². The number of carboxylic acid groups (broad SMARTS) is 2. The van der Waals surface area contributed by atoms with Gasteiger partial charge in [-0.25, -0.2) is 9.59 Å². The van der Waals surface area contributed by atoms with E-state index in [9.17, 15) is 9.59 Å². The number of carboxylic acids is 2. The number of nitriles is 1. The normalized spacial score (nSPS) is 9.94. The van der Waals surface area contributed by atoms with Crippen LogP contribution in [0.3, 0.4) is 0 Å². The Bertz CT molecular complexity index is 487. The predicted octanol–water partition coefficient (Wildman–Crippen LogP) is 2.60. The summed E-state index contributed by atoms with van der Waals surface area (Å²) in [5.74, 6) is -2.16. The Labute approximate surface area is 99.4 Å². The largest absolute Gasteiger partial charge is 0.477 e. The molecule has 1 aromatic rings. The lowest BCUT2D eigenvalue weighted by Gasteiger charge is -2.02. The van der Waals surface area contributed by atoms with Crippen LogP contribution in [0.5, 0.6) is 0 Å². The molecule has 0 fully saturated rings. The summed E-state index contributed by atoms with van der Waals surface area (Å²) in [5.41, 5.74) is 1.05. The number of carbonyl (C=O) groups is 2. The summed E-state index contributed by atoms with van der Waals surface area (Å²) >= 11 is 0. The summed E-state index contributed by atoms with van der Waals surface area (Å²) in [6.45, 7) is 3.24. The van der Waals surface area contributed by atoms with Gasteiger partial charge in [0.15, 0.2) is 0 Å². The molecule has 1 heterocycles. The zero-order valence-corrected chi connectivity index (χ0v) is 10.4. The van der Waals surface area contributed by atoms with Gasteiger partial charge in [-0.05, 0) is 25.0 Å². The summed E-state index contributed by atoms with van der Waals surface area (Å²) in [5, 5.41) is 27.1. The van der Waals surface area contributed by atoms with Crippen molar-refractivity contribution in [3.05, 3.63) is 21.7 Å². The van der Waals surface area contributed by atoms with E-state index in [2.05, 4.69) is 0 Å². The number of hydrogen-bond donors (Lipinski definition) is 2. The summed E-state index contributed by atoms with van der Waals surface area (Å²) in [6.07, 6.45) is 0.462. The van der Waals surface area contributed by atoms with E-state index < -0.39 is 19.5 Å². The van der Waals surface area contributed by atoms with Gasteiger partial charge in [0, 0.05) is 12.6 Å². The minimum atomic E-state index is -1.40. The summed E-state index contributed by atoms with van der Waals surface area (Å²) in [6, 6.07) is 1.93. The van der Waals surface area contributed by atoms with E-state index in [-0.39, 0.29) is 17.0 Å². The molecule has 0 unspecified atom stereocenters. The molecule has 90 valence electrons. The molecule has 0 atom stereocenters. The molecule has 1 aromatic heterocycles. The Balaban J connectivity index is 3.49. The second-order valence-corrected chi connectivity index (χ2v) is 5.81. The van der Waals surface area contributed by atoms with Crippen molar-refractivity contribution in [1.29, 1.82) is 5.26 Å². The SMILES string of the molecule is Cc1c(C)c(C(=O)O)p(CCC#N)c1C(=O)O. The van der Waals surface area contributed by atoms with Gasteiger partial charge < -0.3 is 10.2 Å². The highest BCUT2D eigenvalue weighted by Gasteiger charge is 2.26. The van der Waals surface area contributed by atoms with Gasteiger partial charge in [-0.15, -0.1) is 0 Å². The first-order valence-corrected chi connectivity index (χ1v) is 6.47. The molecule has 0 aliphatic carbocycles. The Hall–Kier alpha value is -1.79. The van der Waals surface area contributed by atoms with E-state index in [1.807, 2.05) is 6.07 Å². The van der Waals surface area contributed by atoms with Crippen LogP contribution in [0.2, 0.25) is 0 Å². The van der Waals surface area contributed by atoms with Gasteiger partial charge in [-0.3, -0.25) is 0 Å². The van der Waals surface area contributed by atoms with Crippen LogP contribution in [-0.2, 0) is 6.16 Å². The van der Waals surface area contributed by atoms with Crippen molar-refractivity contribution in [2.45, 2.75) is 26.4 Å². The Morgan fingerprint density at radius 1 is 1.18 bits per heavy atom. The minimum Gasteiger partial charge on any atom is -0.477 e. The van der Waals surface area contributed by atoms with Gasteiger partial charge >= 0.3 is 11.9 Å². The average molecular weight is 253 g/mol. The molecule has 0 amide bonds. The summed E-state index contributed by atoms with van der Waals surface area (Å²) in [7, 11) is -1.40. The standard InChI is InChI=1S/C11H12NO4P/c1-6-7(2)9(11(15)16)17(5-3-4-12)8(6)10(13)14/h3,5H2,1-2H3,(H,13,14)(H,15,16). The minimum absolute atomic E-state index is 0.166. The first kappa shape index (κ1) is 13.3. The van der Waals surface area contributed by atoms with Crippen molar-refractivity contribution in [3.8, 4) is 6.07 Å². The van der Waals surface area contributed by atoms with E-state index in [1.54, 1.807) is 13.8 Å². The fourth-order valence-electron chi connectivity index (χ4n) is 1.81. The average Bonchev–Trinajstić information content (AvgIpc) is 2.48. The molecule has 0 aliphatic rings. The maximum atomic E-state index is 11.2. The van der Waals surface area contributed by atoms with E-state index in [0.29, 0.717) is 17.3 Å². The van der Waals surface area contributed by atoms with Gasteiger partial charge in [0.1, 0.15) is 0 Å². The fraction of sp³-hybridized carbons (Fsp3) is 0.364. The lowest BCUT2D eigenvalue weighted by molar-refractivity contribution is 0.0692. The van der Waals surface area contributed by atoms with Crippen LogP contribution in [0.4, 0.5) is 0 Å². The molecule has 0 radical (unpaired) electrons. The number of rotatable bonds is 4. The summed E-state index contributed by atoms with van der Waals surface area (Å²) < 4.78 is 0. The summed E-state index contributed by atoms with van der Waals surface area (Å²) in [4.78, 5) is 22.3. The lowest BCUT2D eigenvalue weighted by atomic mass is 10.1. The zero-order valence-electron chi connectivity index (χ0n) is 9.52. The highest BCUT2D eigenvalue weighted by molar-refractivity contribution is 7.53. The quantitative estimate of drug-likeness (QED) is 0.859. The van der Waals surface area contributed by atoms with Gasteiger partial charge in [0.05, 0.1) is 16.7 Å². The van der Waals surface area contributed by atoms with E-state index in [4.69, 9.17) is 15.5 Å². The first-order valence-electron chi connectivity index (χ1n) is 4.95. The topological polar surface area (TPSA) is 98.4 Å². The van der Waals surface area contributed by atoms with Gasteiger partial charge in [-0.1, -0.05) is 7.53 Å². The maximum absolute atomic E-state index is 11.2. The van der Waals surface area contributed by atoms with Gasteiger partial charge in [-0.2, -0.15) is 5.26 Å². The van der Waals surface area contributed by atoms with Gasteiger partial charge in [0.25, 0.3) is 0 Å². The molecule has 5 nitrogen and oxygen atoms in total. The number of aromatic carboxylic acids is 2. The van der Waals surface area contributed by atoms with Crippen LogP contribution in [-0.4, -0.2) is 22.2 Å². The van der Waals surface area contributed by atoms with E-state index >= 15 is 0 Å². The molecular formula is C11H12NO4P. The Kier molecular flexibility index (Phi) is 3.93. The second kappa shape index (κ2) is 5.03. The molecule has 2 N–H and O–H groups in total. The van der Waals surface area contributed by atoms with Crippen molar-refractivity contribution in [1.82, 2.24) is 0 Å². The highest BCUT2D eigenvalue weighted by Crippen LogP contribution is 2.46. The van der Waals surface area contributed by atoms with Gasteiger partial charge in [0.2, 0.25) is 0 Å². The predicted molar refractivity (Wildman–Crippen MR) is 62.8 cm³/mol.